The largest absolute Gasteiger partial charge is 0.322 e. The Hall–Kier alpha value is -3.02. The molecule has 0 spiro atoms. The summed E-state index contributed by atoms with van der Waals surface area (Å²) in [6, 6.07) is 10.6. The molecule has 0 saturated carbocycles. The average Bonchev–Trinajstić information content (AvgIpc) is 2.88. The van der Waals surface area contributed by atoms with Crippen molar-refractivity contribution in [3.05, 3.63) is 53.2 Å². The van der Waals surface area contributed by atoms with Gasteiger partial charge in [-0.2, -0.15) is 10.2 Å². The number of amides is 1. The van der Waals surface area contributed by atoms with Crippen LogP contribution in [0.25, 0.3) is 10.9 Å². The molecule has 1 amide bonds. The first kappa shape index (κ1) is 13.9. The molecule has 0 unspecified atom stereocenters. The summed E-state index contributed by atoms with van der Waals surface area (Å²) in [4.78, 5) is 12.3. The second-order valence-corrected chi connectivity index (χ2v) is 5.15. The van der Waals surface area contributed by atoms with Crippen LogP contribution in [0.2, 0.25) is 0 Å². The number of hydrogen-bond donors (Lipinski definition) is 3. The highest BCUT2D eigenvalue weighted by atomic mass is 16.1. The van der Waals surface area contributed by atoms with Crippen LogP contribution in [0.1, 0.15) is 21.6 Å². The van der Waals surface area contributed by atoms with E-state index in [9.17, 15) is 4.79 Å². The lowest BCUT2D eigenvalue weighted by molar-refractivity contribution is 0.102. The first-order valence-corrected chi connectivity index (χ1v) is 6.82. The Morgan fingerprint density at radius 1 is 1.23 bits per heavy atom. The number of nitrogens with zero attached hydrogens (tertiary/aromatic N) is 2. The second-order valence-electron chi connectivity index (χ2n) is 5.15. The maximum Gasteiger partial charge on any atom is 0.255 e. The smallest absolute Gasteiger partial charge is 0.255 e. The normalized spacial score (nSPS) is 10.6. The molecule has 0 aliphatic heterocycles. The fourth-order valence-electron chi connectivity index (χ4n) is 2.34. The molecule has 0 saturated heterocycles. The van der Waals surface area contributed by atoms with Crippen LogP contribution in [0.4, 0.5) is 11.4 Å². The van der Waals surface area contributed by atoms with Crippen LogP contribution in [0, 0.1) is 19.4 Å². The van der Waals surface area contributed by atoms with E-state index >= 15 is 0 Å². The van der Waals surface area contributed by atoms with Gasteiger partial charge in [-0.25, -0.2) is 5.53 Å². The third-order valence-electron chi connectivity index (χ3n) is 3.58. The number of fused-ring (bicyclic) bond motifs is 1. The minimum atomic E-state index is -0.194. The molecular weight excluding hydrogens is 278 g/mol. The minimum absolute atomic E-state index is 0.194. The van der Waals surface area contributed by atoms with Crippen LogP contribution in [-0.2, 0) is 0 Å². The predicted molar refractivity (Wildman–Crippen MR) is 84.8 cm³/mol. The Kier molecular flexibility index (Phi) is 3.42. The zero-order valence-electron chi connectivity index (χ0n) is 12.3. The van der Waals surface area contributed by atoms with Crippen molar-refractivity contribution in [1.29, 1.82) is 5.53 Å². The van der Waals surface area contributed by atoms with E-state index in [4.69, 9.17) is 5.53 Å². The summed E-state index contributed by atoms with van der Waals surface area (Å²) in [6.07, 6.45) is 0. The minimum Gasteiger partial charge on any atom is -0.322 e. The quantitative estimate of drug-likeness (QED) is 0.634. The third-order valence-corrected chi connectivity index (χ3v) is 3.58. The van der Waals surface area contributed by atoms with Crippen molar-refractivity contribution in [1.82, 2.24) is 10.2 Å². The van der Waals surface area contributed by atoms with E-state index in [1.165, 1.54) is 0 Å². The molecule has 2 aromatic carbocycles. The summed E-state index contributed by atoms with van der Waals surface area (Å²) in [5, 5.41) is 14.3. The average molecular weight is 293 g/mol. The van der Waals surface area contributed by atoms with Gasteiger partial charge in [-0.05, 0) is 55.8 Å². The molecule has 6 heteroatoms. The highest BCUT2D eigenvalue weighted by Crippen LogP contribution is 2.22. The highest BCUT2D eigenvalue weighted by Gasteiger charge is 2.09. The zero-order chi connectivity index (χ0) is 15.7. The Morgan fingerprint density at radius 3 is 2.77 bits per heavy atom. The number of carbonyl (C=O) groups is 1. The van der Waals surface area contributed by atoms with Crippen molar-refractivity contribution in [2.45, 2.75) is 13.8 Å². The molecule has 0 aliphatic carbocycles. The number of aromatic amines is 1. The van der Waals surface area contributed by atoms with E-state index in [-0.39, 0.29) is 5.91 Å². The summed E-state index contributed by atoms with van der Waals surface area (Å²) in [7, 11) is 0. The molecule has 0 bridgehead atoms. The van der Waals surface area contributed by atoms with Crippen LogP contribution in [0.3, 0.4) is 0 Å². The number of hydrogen-bond acceptors (Lipinski definition) is 4. The molecule has 1 aromatic heterocycles. The number of aryl methyl sites for hydroxylation is 2. The lowest BCUT2D eigenvalue weighted by Gasteiger charge is -2.07. The molecule has 6 nitrogen and oxygen atoms in total. The number of rotatable bonds is 3. The number of H-pyrrole nitrogens is 1. The van der Waals surface area contributed by atoms with Gasteiger partial charge in [0, 0.05) is 22.3 Å². The summed E-state index contributed by atoms with van der Waals surface area (Å²) in [5.41, 5.74) is 11.5. The molecule has 0 aliphatic rings. The van der Waals surface area contributed by atoms with E-state index in [1.54, 1.807) is 18.2 Å². The Morgan fingerprint density at radius 2 is 2.05 bits per heavy atom. The number of nitrogens with one attached hydrogen (secondary N) is 3. The van der Waals surface area contributed by atoms with Gasteiger partial charge in [0.25, 0.3) is 5.91 Å². The summed E-state index contributed by atoms with van der Waals surface area (Å²) >= 11 is 0. The number of carbonyl (C=O) groups excluding carboxylic acids is 1. The van der Waals surface area contributed by atoms with Crippen molar-refractivity contribution in [2.24, 2.45) is 5.11 Å². The van der Waals surface area contributed by atoms with E-state index in [0.29, 0.717) is 16.9 Å². The molecule has 0 fully saturated rings. The lowest BCUT2D eigenvalue weighted by Crippen LogP contribution is -2.11. The summed E-state index contributed by atoms with van der Waals surface area (Å²) in [6.45, 7) is 3.76. The fraction of sp³-hybridized carbons (Fsp3) is 0.125. The fourth-order valence-corrected chi connectivity index (χ4v) is 2.34. The van der Waals surface area contributed by atoms with Gasteiger partial charge in [-0.3, -0.25) is 9.89 Å². The Labute approximate surface area is 127 Å². The Balaban J connectivity index is 1.87. The highest BCUT2D eigenvalue weighted by molar-refractivity contribution is 6.05. The second kappa shape index (κ2) is 5.40. The van der Waals surface area contributed by atoms with Gasteiger partial charge in [0.1, 0.15) is 0 Å². The van der Waals surface area contributed by atoms with Crippen molar-refractivity contribution < 1.29 is 4.79 Å². The summed E-state index contributed by atoms with van der Waals surface area (Å²) < 4.78 is 0. The van der Waals surface area contributed by atoms with Gasteiger partial charge in [-0.15, -0.1) is 0 Å². The van der Waals surface area contributed by atoms with Crippen molar-refractivity contribution in [3.8, 4) is 0 Å². The first-order valence-electron chi connectivity index (χ1n) is 6.82. The third kappa shape index (κ3) is 2.46. The standard InChI is InChI=1S/C16H15N5O/c1-9-7-11(3-5-14(9)19-17)16(22)18-12-4-6-15-13(8-12)10(2)20-21-15/h3-8,17H,1-2H3,(H,18,22)(H,20,21). The van der Waals surface area contributed by atoms with E-state index in [2.05, 4.69) is 20.6 Å². The first-order chi connectivity index (χ1) is 10.6. The Bertz CT molecular complexity index is 881. The lowest BCUT2D eigenvalue weighted by atomic mass is 10.1. The number of benzene rings is 2. The van der Waals surface area contributed by atoms with E-state index in [1.807, 2.05) is 32.0 Å². The molecule has 1 heterocycles. The van der Waals surface area contributed by atoms with E-state index in [0.717, 1.165) is 22.2 Å². The van der Waals surface area contributed by atoms with Crippen LogP contribution < -0.4 is 5.32 Å². The molecule has 3 N–H and O–H groups in total. The topological polar surface area (TPSA) is 94.0 Å². The predicted octanol–water partition coefficient (Wildman–Crippen LogP) is 4.09. The molecule has 3 aromatic rings. The van der Waals surface area contributed by atoms with Crippen LogP contribution >= 0.6 is 0 Å². The number of anilines is 1. The molecular formula is C16H15N5O. The van der Waals surface area contributed by atoms with E-state index < -0.39 is 0 Å². The molecule has 3 rings (SSSR count). The molecule has 110 valence electrons. The van der Waals surface area contributed by atoms with Crippen molar-refractivity contribution in [2.75, 3.05) is 5.32 Å². The van der Waals surface area contributed by atoms with Gasteiger partial charge >= 0.3 is 0 Å². The van der Waals surface area contributed by atoms with Crippen LogP contribution in [-0.4, -0.2) is 16.1 Å². The van der Waals surface area contributed by atoms with Gasteiger partial charge in [0.15, 0.2) is 0 Å². The maximum atomic E-state index is 12.3. The maximum absolute atomic E-state index is 12.3. The van der Waals surface area contributed by atoms with Gasteiger partial charge in [0.05, 0.1) is 11.2 Å². The number of aromatic nitrogens is 2. The van der Waals surface area contributed by atoms with Crippen LogP contribution in [0.15, 0.2) is 41.5 Å². The van der Waals surface area contributed by atoms with Crippen LogP contribution in [0.5, 0.6) is 0 Å². The monoisotopic (exact) mass is 293 g/mol. The SMILES string of the molecule is Cc1cc(C(=O)Nc2ccc3n[nH]c(C)c3c2)ccc1N=N. The van der Waals surface area contributed by atoms with Crippen molar-refractivity contribution in [3.63, 3.8) is 0 Å². The van der Waals surface area contributed by atoms with Crippen molar-refractivity contribution >= 4 is 28.2 Å². The van der Waals surface area contributed by atoms with Gasteiger partial charge in [0.2, 0.25) is 0 Å². The molecule has 22 heavy (non-hydrogen) atoms. The zero-order valence-corrected chi connectivity index (χ0v) is 12.3. The van der Waals surface area contributed by atoms with Gasteiger partial charge < -0.3 is 5.32 Å². The molecule has 0 radical (unpaired) electrons. The molecule has 0 atom stereocenters. The van der Waals surface area contributed by atoms with Gasteiger partial charge in [-0.1, -0.05) is 0 Å². The summed E-state index contributed by atoms with van der Waals surface area (Å²) in [5.74, 6) is -0.194.